The molecule has 5 nitrogen and oxygen atoms in total. The van der Waals surface area contributed by atoms with Crippen molar-refractivity contribution in [1.82, 2.24) is 15.5 Å². The second-order valence-electron chi connectivity index (χ2n) is 6.69. The smallest absolute Gasteiger partial charge is 0.214 e. The molecule has 1 heterocycles. The largest absolute Gasteiger partial charge is 0.315 e. The number of aryl methyl sites for hydroxylation is 1. The van der Waals surface area contributed by atoms with Crippen LogP contribution in [0.1, 0.15) is 45.1 Å². The van der Waals surface area contributed by atoms with E-state index in [1.165, 1.54) is 24.4 Å². The van der Waals surface area contributed by atoms with Crippen LogP contribution in [0, 0.1) is 6.92 Å². The Labute approximate surface area is 163 Å². The normalized spacial score (nSPS) is 17.7. The predicted molar refractivity (Wildman–Crippen MR) is 112 cm³/mol. The van der Waals surface area contributed by atoms with Gasteiger partial charge >= 0.3 is 0 Å². The average molecular weight is 381 g/mol. The van der Waals surface area contributed by atoms with Crippen LogP contribution < -0.4 is 10.6 Å². The monoisotopic (exact) mass is 380 g/mol. The summed E-state index contributed by atoms with van der Waals surface area (Å²) in [6.07, 6.45) is 4.95. The Balaban J connectivity index is 0.000000350. The molecule has 1 aromatic carbocycles. The number of rotatable bonds is 5. The van der Waals surface area contributed by atoms with Crippen molar-refractivity contribution in [2.24, 2.45) is 4.99 Å². The quantitative estimate of drug-likeness (QED) is 0.462. The maximum atomic E-state index is 10.9. The summed E-state index contributed by atoms with van der Waals surface area (Å²) in [5.74, 6) is 0.789. The molecule has 1 atom stereocenters. The highest BCUT2D eigenvalue weighted by Gasteiger charge is 2.07. The molecule has 0 radical (unpaired) electrons. The third-order valence-electron chi connectivity index (χ3n) is 4.20. The Morgan fingerprint density at radius 3 is 2.85 bits per heavy atom. The molecule has 1 saturated heterocycles. The van der Waals surface area contributed by atoms with E-state index in [2.05, 4.69) is 29.5 Å². The topological polar surface area (TPSA) is 56.7 Å². The van der Waals surface area contributed by atoms with Gasteiger partial charge in [0.05, 0.1) is 5.69 Å². The van der Waals surface area contributed by atoms with Crippen molar-refractivity contribution in [1.29, 1.82) is 0 Å². The Kier molecular flexibility index (Phi) is 11.2. The Morgan fingerprint density at radius 2 is 2.19 bits per heavy atom. The highest BCUT2D eigenvalue weighted by molar-refractivity contribution is 6.30. The van der Waals surface area contributed by atoms with Crippen LogP contribution in [0.5, 0.6) is 0 Å². The lowest BCUT2D eigenvalue weighted by molar-refractivity contribution is -0.114. The molecule has 1 unspecified atom stereocenters. The van der Waals surface area contributed by atoms with Crippen molar-refractivity contribution >= 4 is 29.5 Å². The average Bonchev–Trinajstić information content (AvgIpc) is 2.87. The minimum absolute atomic E-state index is 0.664. The third-order valence-corrected chi connectivity index (χ3v) is 4.44. The second-order valence-corrected chi connectivity index (χ2v) is 7.13. The fourth-order valence-corrected chi connectivity index (χ4v) is 2.77. The number of aliphatic imine (C=N–C) groups is 1. The van der Waals surface area contributed by atoms with Crippen LogP contribution in [-0.2, 0) is 4.79 Å². The SMILES string of the molecule is CC1CNCCCN1.CCCCC(=Nc1ccc(Cl)cc1C)N(C)C=O. The molecule has 1 fully saturated rings. The highest BCUT2D eigenvalue weighted by Crippen LogP contribution is 2.23. The maximum absolute atomic E-state index is 10.9. The molecule has 2 rings (SSSR count). The van der Waals surface area contributed by atoms with Gasteiger partial charge in [0.2, 0.25) is 6.41 Å². The number of carbonyl (C=O) groups excluding carboxylic acids is 1. The summed E-state index contributed by atoms with van der Waals surface area (Å²) in [6.45, 7) is 9.76. The van der Waals surface area contributed by atoms with Crippen LogP contribution in [0.15, 0.2) is 23.2 Å². The van der Waals surface area contributed by atoms with Crippen molar-refractivity contribution in [2.45, 2.75) is 52.5 Å². The molecule has 2 N–H and O–H groups in total. The van der Waals surface area contributed by atoms with Gasteiger partial charge in [-0.1, -0.05) is 24.9 Å². The van der Waals surface area contributed by atoms with E-state index >= 15 is 0 Å². The van der Waals surface area contributed by atoms with E-state index in [0.29, 0.717) is 11.1 Å². The number of hydrogen-bond acceptors (Lipinski definition) is 4. The summed E-state index contributed by atoms with van der Waals surface area (Å²) in [6, 6.07) is 6.23. The molecule has 1 aromatic rings. The van der Waals surface area contributed by atoms with E-state index in [4.69, 9.17) is 11.6 Å². The molecule has 0 saturated carbocycles. The summed E-state index contributed by atoms with van der Waals surface area (Å²) in [7, 11) is 1.73. The van der Waals surface area contributed by atoms with Crippen molar-refractivity contribution < 1.29 is 4.79 Å². The van der Waals surface area contributed by atoms with E-state index in [-0.39, 0.29) is 0 Å². The molecule has 1 aliphatic heterocycles. The lowest BCUT2D eigenvalue weighted by Gasteiger charge is -2.14. The fraction of sp³-hybridized carbons (Fsp3) is 0.600. The first-order chi connectivity index (χ1) is 12.5. The lowest BCUT2D eigenvalue weighted by Crippen LogP contribution is -2.31. The molecular formula is C20H33ClN4O. The van der Waals surface area contributed by atoms with Gasteiger partial charge in [0, 0.05) is 31.1 Å². The molecule has 146 valence electrons. The number of halogens is 1. The highest BCUT2D eigenvalue weighted by atomic mass is 35.5. The summed E-state index contributed by atoms with van der Waals surface area (Å²) in [5, 5.41) is 7.42. The molecule has 0 bridgehead atoms. The number of hydrogen-bond donors (Lipinski definition) is 2. The number of nitrogens with one attached hydrogen (secondary N) is 2. The number of benzene rings is 1. The zero-order chi connectivity index (χ0) is 19.4. The fourth-order valence-electron chi connectivity index (χ4n) is 2.54. The van der Waals surface area contributed by atoms with E-state index in [9.17, 15) is 4.79 Å². The third kappa shape index (κ3) is 8.79. The van der Waals surface area contributed by atoms with Gasteiger partial charge in [-0.05, 0) is 63.5 Å². The van der Waals surface area contributed by atoms with Crippen LogP contribution in [-0.4, -0.2) is 49.9 Å². The van der Waals surface area contributed by atoms with Gasteiger partial charge in [0.25, 0.3) is 0 Å². The van der Waals surface area contributed by atoms with Gasteiger partial charge < -0.3 is 15.5 Å². The van der Waals surface area contributed by atoms with Crippen molar-refractivity contribution in [3.05, 3.63) is 28.8 Å². The predicted octanol–water partition coefficient (Wildman–Crippen LogP) is 3.91. The molecule has 6 heteroatoms. The van der Waals surface area contributed by atoms with Gasteiger partial charge in [0.15, 0.2) is 0 Å². The first-order valence-electron chi connectivity index (χ1n) is 9.43. The molecule has 1 amide bonds. The van der Waals surface area contributed by atoms with Crippen LogP contribution in [0.25, 0.3) is 0 Å². The zero-order valence-electron chi connectivity index (χ0n) is 16.5. The number of amides is 1. The minimum Gasteiger partial charge on any atom is -0.315 e. The molecule has 0 spiro atoms. The van der Waals surface area contributed by atoms with Crippen LogP contribution in [0.2, 0.25) is 5.02 Å². The zero-order valence-corrected chi connectivity index (χ0v) is 17.3. The van der Waals surface area contributed by atoms with E-state index < -0.39 is 0 Å². The summed E-state index contributed by atoms with van der Waals surface area (Å²) in [4.78, 5) is 17.0. The molecular weight excluding hydrogens is 348 g/mol. The number of amidine groups is 1. The van der Waals surface area contributed by atoms with Crippen molar-refractivity contribution in [3.63, 3.8) is 0 Å². The maximum Gasteiger partial charge on any atom is 0.214 e. The second kappa shape index (κ2) is 12.8. The van der Waals surface area contributed by atoms with Gasteiger partial charge in [-0.2, -0.15) is 0 Å². The van der Waals surface area contributed by atoms with Gasteiger partial charge in [-0.25, -0.2) is 4.99 Å². The van der Waals surface area contributed by atoms with E-state index in [1.807, 2.05) is 25.1 Å². The van der Waals surface area contributed by atoms with Gasteiger partial charge in [-0.3, -0.25) is 4.79 Å². The Bertz CT molecular complexity index is 569. The van der Waals surface area contributed by atoms with Gasteiger partial charge in [0.1, 0.15) is 5.84 Å². The first kappa shape index (κ1) is 22.6. The summed E-state index contributed by atoms with van der Waals surface area (Å²) in [5.41, 5.74) is 1.87. The standard InChI is InChI=1S/C14H19ClN2O.C6H14N2/c1-4-5-6-14(17(3)10-18)16-13-8-7-12(15)9-11(13)2;1-6-5-7-3-2-4-8-6/h7-10H,4-6H2,1-3H3;6-8H,2-5H2,1H3. The number of unbranched alkanes of at least 4 members (excludes halogenated alkanes) is 1. The van der Waals surface area contributed by atoms with Crippen LogP contribution in [0.3, 0.4) is 0 Å². The molecule has 0 aliphatic carbocycles. The molecule has 1 aliphatic rings. The van der Waals surface area contributed by atoms with E-state index in [1.54, 1.807) is 7.05 Å². The van der Waals surface area contributed by atoms with Crippen molar-refractivity contribution in [3.8, 4) is 0 Å². The van der Waals surface area contributed by atoms with E-state index in [0.717, 1.165) is 49.3 Å². The Hall–Kier alpha value is -1.43. The van der Waals surface area contributed by atoms with Crippen LogP contribution >= 0.6 is 11.6 Å². The number of nitrogens with zero attached hydrogens (tertiary/aromatic N) is 2. The Morgan fingerprint density at radius 1 is 1.42 bits per heavy atom. The number of carbonyl (C=O) groups is 1. The van der Waals surface area contributed by atoms with Crippen LogP contribution in [0.4, 0.5) is 5.69 Å². The molecule has 26 heavy (non-hydrogen) atoms. The van der Waals surface area contributed by atoms with Crippen molar-refractivity contribution in [2.75, 3.05) is 26.7 Å². The molecule has 0 aromatic heterocycles. The van der Waals surface area contributed by atoms with Gasteiger partial charge in [-0.15, -0.1) is 0 Å². The minimum atomic E-state index is 0.664. The summed E-state index contributed by atoms with van der Waals surface area (Å²) < 4.78 is 0. The first-order valence-corrected chi connectivity index (χ1v) is 9.81. The summed E-state index contributed by atoms with van der Waals surface area (Å²) >= 11 is 5.91. The lowest BCUT2D eigenvalue weighted by atomic mass is 10.2.